The number of carbonyl (C=O) groups excluding carboxylic acids is 6. The van der Waals surface area contributed by atoms with Crippen molar-refractivity contribution in [1.29, 1.82) is 0 Å². The Bertz CT molecular complexity index is 1040. The van der Waals surface area contributed by atoms with Gasteiger partial charge in [0.05, 0.1) is 6.04 Å². The molecule has 11 heteroatoms. The van der Waals surface area contributed by atoms with E-state index >= 15 is 0 Å². The van der Waals surface area contributed by atoms with Crippen LogP contribution in [-0.2, 0) is 24.0 Å². The van der Waals surface area contributed by atoms with Crippen LogP contribution in [0.15, 0.2) is 12.2 Å². The molecule has 0 aromatic heterocycles. The first kappa shape index (κ1) is 34.0. The number of rotatable bonds is 13. The standard InChI is InChI=1S/C30H49N5O6/c1-10-11-20(24(37)27(39)31-9)32-26(38)22-19(16(2)3)14-15-35(22)28(40)25(30(6,7)8)34-29(41)33-21(17(4)5)23(36)18-12-13-18/h16,18-22,25H,4,10-15H2,1-3,5-9H3,(H,31,39)(H,32,38)(H2,33,34,41)/t19?,20?,21-,22-,25+/m0/s1. The molecule has 5 atom stereocenters. The fourth-order valence-corrected chi connectivity index (χ4v) is 5.35. The van der Waals surface area contributed by atoms with Gasteiger partial charge in [0.1, 0.15) is 18.1 Å². The van der Waals surface area contributed by atoms with Gasteiger partial charge in [-0.3, -0.25) is 24.0 Å². The van der Waals surface area contributed by atoms with Crippen molar-refractivity contribution in [3.8, 4) is 0 Å². The first-order valence-corrected chi connectivity index (χ1v) is 14.7. The summed E-state index contributed by atoms with van der Waals surface area (Å²) >= 11 is 0. The number of likely N-dealkylation sites (N-methyl/N-ethyl adjacent to an activating group) is 1. The Morgan fingerprint density at radius 1 is 0.976 bits per heavy atom. The number of amides is 5. The molecule has 1 aliphatic heterocycles. The van der Waals surface area contributed by atoms with Gasteiger partial charge >= 0.3 is 6.03 Å². The highest BCUT2D eigenvalue weighted by atomic mass is 16.2. The molecule has 5 amide bonds. The molecule has 0 bridgehead atoms. The van der Waals surface area contributed by atoms with Crippen molar-refractivity contribution >= 4 is 35.3 Å². The maximum absolute atomic E-state index is 14.1. The molecule has 4 N–H and O–H groups in total. The zero-order chi connectivity index (χ0) is 31.2. The van der Waals surface area contributed by atoms with E-state index in [0.717, 1.165) is 12.8 Å². The Labute approximate surface area is 244 Å². The van der Waals surface area contributed by atoms with Crippen LogP contribution >= 0.6 is 0 Å². The highest BCUT2D eigenvalue weighted by molar-refractivity contribution is 6.38. The molecular formula is C30H49N5O6. The second kappa shape index (κ2) is 14.1. The second-order valence-electron chi connectivity index (χ2n) is 12.8. The van der Waals surface area contributed by atoms with E-state index in [2.05, 4.69) is 27.8 Å². The summed E-state index contributed by atoms with van der Waals surface area (Å²) in [5, 5.41) is 10.5. The number of ketones is 2. The highest BCUT2D eigenvalue weighted by Gasteiger charge is 2.48. The van der Waals surface area contributed by atoms with Gasteiger partial charge < -0.3 is 26.2 Å². The second-order valence-corrected chi connectivity index (χ2v) is 12.8. The molecule has 0 aromatic rings. The molecule has 2 aliphatic rings. The van der Waals surface area contributed by atoms with E-state index in [4.69, 9.17) is 0 Å². The lowest BCUT2D eigenvalue weighted by atomic mass is 9.84. The number of likely N-dealkylation sites (tertiary alicyclic amines) is 1. The van der Waals surface area contributed by atoms with Gasteiger partial charge in [-0.1, -0.05) is 60.1 Å². The quantitative estimate of drug-likeness (QED) is 0.195. The third-order valence-corrected chi connectivity index (χ3v) is 7.93. The molecular weight excluding hydrogens is 526 g/mol. The van der Waals surface area contributed by atoms with Gasteiger partial charge in [0, 0.05) is 19.5 Å². The number of hydrogen-bond donors (Lipinski definition) is 4. The smallest absolute Gasteiger partial charge is 0.316 e. The fourth-order valence-electron chi connectivity index (χ4n) is 5.35. The Kier molecular flexibility index (Phi) is 11.7. The number of nitrogens with zero attached hydrogens (tertiary/aromatic N) is 1. The molecule has 0 spiro atoms. The van der Waals surface area contributed by atoms with Crippen molar-refractivity contribution in [1.82, 2.24) is 26.2 Å². The van der Waals surface area contributed by atoms with Crippen LogP contribution in [0.4, 0.5) is 4.79 Å². The summed E-state index contributed by atoms with van der Waals surface area (Å²) in [6.07, 6.45) is 2.99. The molecule has 1 saturated heterocycles. The zero-order valence-corrected chi connectivity index (χ0v) is 25.9. The monoisotopic (exact) mass is 575 g/mol. The lowest BCUT2D eigenvalue weighted by Gasteiger charge is -2.37. The average Bonchev–Trinajstić information content (AvgIpc) is 3.64. The van der Waals surface area contributed by atoms with Crippen molar-refractivity contribution in [2.75, 3.05) is 13.6 Å². The number of carbonyl (C=O) groups is 6. The number of hydrogen-bond acceptors (Lipinski definition) is 6. The van der Waals surface area contributed by atoms with Crippen LogP contribution in [0.2, 0.25) is 0 Å². The predicted octanol–water partition coefficient (Wildman–Crippen LogP) is 2.10. The zero-order valence-electron chi connectivity index (χ0n) is 25.9. The normalized spacial score (nSPS) is 21.0. The van der Waals surface area contributed by atoms with Gasteiger partial charge in [-0.15, -0.1) is 0 Å². The largest absolute Gasteiger partial charge is 0.353 e. The molecule has 2 unspecified atom stereocenters. The van der Waals surface area contributed by atoms with Crippen molar-refractivity contribution in [2.24, 2.45) is 23.2 Å². The number of urea groups is 1. The van der Waals surface area contributed by atoms with Gasteiger partial charge in [0.15, 0.2) is 5.78 Å². The third-order valence-electron chi connectivity index (χ3n) is 7.93. The van der Waals surface area contributed by atoms with Crippen LogP contribution in [0.5, 0.6) is 0 Å². The summed E-state index contributed by atoms with van der Waals surface area (Å²) in [5.74, 6) is -2.76. The maximum Gasteiger partial charge on any atom is 0.316 e. The van der Waals surface area contributed by atoms with E-state index < -0.39 is 59.1 Å². The van der Waals surface area contributed by atoms with Crippen molar-refractivity contribution in [3.63, 3.8) is 0 Å². The SMILES string of the molecule is C=C(C)[C@H](NC(=O)N[C@H](C(=O)N1CCC(C(C)C)[C@H]1C(=O)NC(CCC)C(=O)C(=O)NC)C(C)(C)C)C(=O)C1CC1. The molecule has 230 valence electrons. The van der Waals surface area contributed by atoms with Gasteiger partial charge in [0.25, 0.3) is 5.91 Å². The van der Waals surface area contributed by atoms with E-state index in [1.807, 2.05) is 41.5 Å². The number of Topliss-reactive ketones (excluding diaryl/α,β-unsaturated/α-hetero) is 2. The first-order valence-electron chi connectivity index (χ1n) is 14.7. The van der Waals surface area contributed by atoms with Crippen LogP contribution in [0.3, 0.4) is 0 Å². The van der Waals surface area contributed by atoms with Gasteiger partial charge in [0.2, 0.25) is 17.6 Å². The Hall–Kier alpha value is -3.24. The van der Waals surface area contributed by atoms with Crippen molar-refractivity contribution in [2.45, 2.75) is 105 Å². The first-order chi connectivity index (χ1) is 19.0. The van der Waals surface area contributed by atoms with Crippen molar-refractivity contribution in [3.05, 3.63) is 12.2 Å². The van der Waals surface area contributed by atoms with E-state index in [0.29, 0.717) is 25.0 Å². The highest BCUT2D eigenvalue weighted by Crippen LogP contribution is 2.34. The summed E-state index contributed by atoms with van der Waals surface area (Å²) in [4.78, 5) is 79.7. The van der Waals surface area contributed by atoms with Gasteiger partial charge in [-0.2, -0.15) is 0 Å². The van der Waals surface area contributed by atoms with E-state index in [-0.39, 0.29) is 30.0 Å². The van der Waals surface area contributed by atoms with Crippen LogP contribution < -0.4 is 21.3 Å². The van der Waals surface area contributed by atoms with E-state index in [1.165, 1.54) is 11.9 Å². The van der Waals surface area contributed by atoms with Crippen molar-refractivity contribution < 1.29 is 28.8 Å². The molecule has 0 radical (unpaired) electrons. The minimum atomic E-state index is -1.01. The summed E-state index contributed by atoms with van der Waals surface area (Å²) in [7, 11) is 1.35. The summed E-state index contributed by atoms with van der Waals surface area (Å²) in [6, 6.07) is -4.41. The molecule has 2 rings (SSSR count). The lowest BCUT2D eigenvalue weighted by Crippen LogP contribution is -2.61. The Balaban J connectivity index is 2.31. The minimum absolute atomic E-state index is 0.0527. The van der Waals surface area contributed by atoms with Gasteiger partial charge in [-0.05, 0) is 49.9 Å². The number of nitrogens with one attached hydrogen (secondary N) is 4. The molecule has 41 heavy (non-hydrogen) atoms. The molecule has 1 saturated carbocycles. The minimum Gasteiger partial charge on any atom is -0.353 e. The summed E-state index contributed by atoms with van der Waals surface area (Å²) in [6.45, 7) is 17.1. The van der Waals surface area contributed by atoms with E-state index in [9.17, 15) is 28.8 Å². The summed E-state index contributed by atoms with van der Waals surface area (Å²) in [5.41, 5.74) is -0.218. The van der Waals surface area contributed by atoms with Crippen LogP contribution in [0.1, 0.15) is 80.6 Å². The molecule has 1 aliphatic carbocycles. The molecule has 11 nitrogen and oxygen atoms in total. The third kappa shape index (κ3) is 8.63. The van der Waals surface area contributed by atoms with Crippen LogP contribution in [0, 0.1) is 23.2 Å². The topological polar surface area (TPSA) is 154 Å². The van der Waals surface area contributed by atoms with Gasteiger partial charge in [-0.25, -0.2) is 4.79 Å². The maximum atomic E-state index is 14.1. The molecule has 0 aromatic carbocycles. The average molecular weight is 576 g/mol. The fraction of sp³-hybridized carbons (Fsp3) is 0.733. The Morgan fingerprint density at radius 3 is 2.05 bits per heavy atom. The van der Waals surface area contributed by atoms with Crippen LogP contribution in [0.25, 0.3) is 0 Å². The molecule has 1 heterocycles. The predicted molar refractivity (Wildman–Crippen MR) is 156 cm³/mol. The lowest BCUT2D eigenvalue weighted by molar-refractivity contribution is -0.144. The van der Waals surface area contributed by atoms with E-state index in [1.54, 1.807) is 6.92 Å². The molecule has 2 fully saturated rings. The summed E-state index contributed by atoms with van der Waals surface area (Å²) < 4.78 is 0. The Morgan fingerprint density at radius 2 is 1.59 bits per heavy atom. The van der Waals surface area contributed by atoms with Crippen LogP contribution in [-0.4, -0.2) is 78.0 Å².